The van der Waals surface area contributed by atoms with Crippen LogP contribution in [-0.4, -0.2) is 26.2 Å². The number of carbonyl (C=O) groups excluding carboxylic acids is 1. The van der Waals surface area contributed by atoms with E-state index in [-0.39, 0.29) is 18.4 Å². The molecular weight excluding hydrogens is 218 g/mol. The van der Waals surface area contributed by atoms with Gasteiger partial charge >= 0.3 is 5.97 Å². The van der Waals surface area contributed by atoms with E-state index in [0.29, 0.717) is 0 Å². The number of hydrogen-bond donors (Lipinski definition) is 1. The summed E-state index contributed by atoms with van der Waals surface area (Å²) in [5, 5.41) is 0. The molecular formula is C13H17NO3. The molecule has 0 spiro atoms. The van der Waals surface area contributed by atoms with E-state index in [9.17, 15) is 4.79 Å². The fourth-order valence-corrected chi connectivity index (χ4v) is 2.37. The summed E-state index contributed by atoms with van der Waals surface area (Å²) in [6.45, 7) is 0. The van der Waals surface area contributed by atoms with Crippen molar-refractivity contribution in [3.8, 4) is 5.75 Å². The second-order valence-corrected chi connectivity index (χ2v) is 4.32. The molecule has 4 nitrogen and oxygen atoms in total. The summed E-state index contributed by atoms with van der Waals surface area (Å²) in [4.78, 5) is 11.3. The number of methoxy groups -OCH3 is 2. The van der Waals surface area contributed by atoms with Gasteiger partial charge in [0.1, 0.15) is 5.75 Å². The van der Waals surface area contributed by atoms with E-state index in [1.165, 1.54) is 12.7 Å². The number of rotatable bonds is 3. The average Bonchev–Trinajstić information content (AvgIpc) is 2.69. The molecule has 4 heteroatoms. The van der Waals surface area contributed by atoms with Crippen molar-refractivity contribution in [2.45, 2.75) is 25.3 Å². The monoisotopic (exact) mass is 235 g/mol. The first kappa shape index (κ1) is 11.9. The van der Waals surface area contributed by atoms with E-state index in [0.717, 1.165) is 29.7 Å². The molecule has 1 atom stereocenters. The van der Waals surface area contributed by atoms with Crippen molar-refractivity contribution in [1.82, 2.24) is 0 Å². The lowest BCUT2D eigenvalue weighted by atomic mass is 10.0. The summed E-state index contributed by atoms with van der Waals surface area (Å²) in [6.07, 6.45) is 1.93. The second kappa shape index (κ2) is 4.75. The number of ether oxygens (including phenoxy) is 2. The average molecular weight is 235 g/mol. The first-order chi connectivity index (χ1) is 8.15. The molecule has 17 heavy (non-hydrogen) atoms. The van der Waals surface area contributed by atoms with Crippen LogP contribution in [-0.2, 0) is 28.8 Å². The summed E-state index contributed by atoms with van der Waals surface area (Å²) in [6, 6.07) is 4.11. The Bertz CT molecular complexity index is 443. The molecule has 0 amide bonds. The summed E-state index contributed by atoms with van der Waals surface area (Å²) >= 11 is 0. The Morgan fingerprint density at radius 3 is 2.82 bits per heavy atom. The Hall–Kier alpha value is -1.55. The molecule has 0 heterocycles. The molecule has 0 aliphatic heterocycles. The molecule has 1 aromatic carbocycles. The van der Waals surface area contributed by atoms with Crippen molar-refractivity contribution in [1.29, 1.82) is 0 Å². The van der Waals surface area contributed by atoms with Crippen molar-refractivity contribution >= 4 is 5.97 Å². The van der Waals surface area contributed by atoms with Gasteiger partial charge in [0.15, 0.2) is 0 Å². The maximum atomic E-state index is 11.3. The predicted octanol–water partition coefficient (Wildman–Crippen LogP) is 0.837. The number of carbonyl (C=O) groups is 1. The van der Waals surface area contributed by atoms with Crippen molar-refractivity contribution in [2.75, 3.05) is 14.2 Å². The second-order valence-electron chi connectivity index (χ2n) is 4.32. The third kappa shape index (κ3) is 2.26. The number of benzene rings is 1. The van der Waals surface area contributed by atoms with Gasteiger partial charge < -0.3 is 15.2 Å². The third-order valence-electron chi connectivity index (χ3n) is 3.15. The quantitative estimate of drug-likeness (QED) is 0.788. The van der Waals surface area contributed by atoms with Crippen LogP contribution in [0.5, 0.6) is 5.75 Å². The molecule has 2 N–H and O–H groups in total. The van der Waals surface area contributed by atoms with E-state index in [1.807, 2.05) is 12.1 Å². The third-order valence-corrected chi connectivity index (χ3v) is 3.15. The minimum Gasteiger partial charge on any atom is -0.496 e. The van der Waals surface area contributed by atoms with Crippen LogP contribution < -0.4 is 10.5 Å². The molecule has 2 rings (SSSR count). The minimum absolute atomic E-state index is 0.160. The standard InChI is InChI=1S/C13H17NO3/c1-16-12(15)6-9-4-3-8-5-10(14)7-11(8)13(9)17-2/h3-4,10H,5-7,14H2,1-2H3. The number of fused-ring (bicyclic) bond motifs is 1. The van der Waals surface area contributed by atoms with Crippen LogP contribution >= 0.6 is 0 Å². The van der Waals surface area contributed by atoms with Gasteiger partial charge in [-0.05, 0) is 24.0 Å². The Morgan fingerprint density at radius 2 is 2.18 bits per heavy atom. The van der Waals surface area contributed by atoms with Gasteiger partial charge in [0.05, 0.1) is 20.6 Å². The van der Waals surface area contributed by atoms with Crippen LogP contribution in [0.2, 0.25) is 0 Å². The summed E-state index contributed by atoms with van der Waals surface area (Å²) in [5.41, 5.74) is 9.17. The fraction of sp³-hybridized carbons (Fsp3) is 0.462. The van der Waals surface area contributed by atoms with Crippen LogP contribution in [0.25, 0.3) is 0 Å². The van der Waals surface area contributed by atoms with E-state index >= 15 is 0 Å². The number of nitrogens with two attached hydrogens (primary N) is 1. The largest absolute Gasteiger partial charge is 0.496 e. The van der Waals surface area contributed by atoms with E-state index < -0.39 is 0 Å². The van der Waals surface area contributed by atoms with Crippen LogP contribution in [0.3, 0.4) is 0 Å². The maximum absolute atomic E-state index is 11.3. The van der Waals surface area contributed by atoms with Crippen molar-refractivity contribution in [2.24, 2.45) is 5.73 Å². The highest BCUT2D eigenvalue weighted by Crippen LogP contribution is 2.33. The first-order valence-electron chi connectivity index (χ1n) is 5.65. The molecule has 1 unspecified atom stereocenters. The van der Waals surface area contributed by atoms with Crippen LogP contribution in [0.1, 0.15) is 16.7 Å². The van der Waals surface area contributed by atoms with E-state index in [4.69, 9.17) is 10.5 Å². The van der Waals surface area contributed by atoms with Gasteiger partial charge in [0.25, 0.3) is 0 Å². The molecule has 0 fully saturated rings. The molecule has 1 aromatic rings. The highest BCUT2D eigenvalue weighted by molar-refractivity contribution is 5.74. The molecule has 0 radical (unpaired) electrons. The predicted molar refractivity (Wildman–Crippen MR) is 64.1 cm³/mol. The molecule has 0 aromatic heterocycles. The van der Waals surface area contributed by atoms with Crippen LogP contribution in [0, 0.1) is 0 Å². The van der Waals surface area contributed by atoms with Gasteiger partial charge in [-0.25, -0.2) is 0 Å². The van der Waals surface area contributed by atoms with Gasteiger partial charge in [0, 0.05) is 11.6 Å². The van der Waals surface area contributed by atoms with Crippen LogP contribution in [0.4, 0.5) is 0 Å². The van der Waals surface area contributed by atoms with Gasteiger partial charge in [-0.3, -0.25) is 4.79 Å². The Labute approximate surface area is 101 Å². The van der Waals surface area contributed by atoms with Crippen molar-refractivity contribution < 1.29 is 14.3 Å². The number of hydrogen-bond acceptors (Lipinski definition) is 4. The SMILES string of the molecule is COC(=O)Cc1ccc2c(c1OC)CC(N)C2. The zero-order valence-corrected chi connectivity index (χ0v) is 10.2. The van der Waals surface area contributed by atoms with Crippen molar-refractivity contribution in [3.05, 3.63) is 28.8 Å². The zero-order chi connectivity index (χ0) is 12.4. The molecule has 92 valence electrons. The lowest BCUT2D eigenvalue weighted by Gasteiger charge is -2.12. The molecule has 1 aliphatic rings. The number of esters is 1. The smallest absolute Gasteiger partial charge is 0.310 e. The Balaban J connectivity index is 2.35. The normalized spacial score (nSPS) is 17.7. The topological polar surface area (TPSA) is 61.5 Å². The first-order valence-corrected chi connectivity index (χ1v) is 5.65. The Kier molecular flexibility index (Phi) is 3.33. The molecule has 0 saturated heterocycles. The maximum Gasteiger partial charge on any atom is 0.310 e. The van der Waals surface area contributed by atoms with Gasteiger partial charge in [-0.1, -0.05) is 12.1 Å². The van der Waals surface area contributed by atoms with E-state index in [1.54, 1.807) is 7.11 Å². The lowest BCUT2D eigenvalue weighted by molar-refractivity contribution is -0.139. The van der Waals surface area contributed by atoms with Crippen LogP contribution in [0.15, 0.2) is 12.1 Å². The summed E-state index contributed by atoms with van der Waals surface area (Å²) in [7, 11) is 3.01. The van der Waals surface area contributed by atoms with E-state index in [2.05, 4.69) is 4.74 Å². The van der Waals surface area contributed by atoms with Gasteiger partial charge in [-0.2, -0.15) is 0 Å². The molecule has 1 aliphatic carbocycles. The minimum atomic E-state index is -0.259. The highest BCUT2D eigenvalue weighted by atomic mass is 16.5. The Morgan fingerprint density at radius 1 is 1.41 bits per heavy atom. The highest BCUT2D eigenvalue weighted by Gasteiger charge is 2.24. The van der Waals surface area contributed by atoms with Gasteiger partial charge in [-0.15, -0.1) is 0 Å². The lowest BCUT2D eigenvalue weighted by Crippen LogP contribution is -2.19. The molecule has 0 saturated carbocycles. The zero-order valence-electron chi connectivity index (χ0n) is 10.2. The molecule has 0 bridgehead atoms. The van der Waals surface area contributed by atoms with Crippen molar-refractivity contribution in [3.63, 3.8) is 0 Å². The van der Waals surface area contributed by atoms with Gasteiger partial charge in [0.2, 0.25) is 0 Å². The summed E-state index contributed by atoms with van der Waals surface area (Å²) in [5.74, 6) is 0.534. The summed E-state index contributed by atoms with van der Waals surface area (Å²) < 4.78 is 10.1. The fourth-order valence-electron chi connectivity index (χ4n) is 2.37.